The van der Waals surface area contributed by atoms with Gasteiger partial charge in [0.1, 0.15) is 16.2 Å². The topological polar surface area (TPSA) is 57.5 Å². The predicted molar refractivity (Wildman–Crippen MR) is 58.3 cm³/mol. The van der Waals surface area contributed by atoms with Crippen molar-refractivity contribution in [2.24, 2.45) is 0 Å². The average Bonchev–Trinajstić information content (AvgIpc) is 2.15. The van der Waals surface area contributed by atoms with Gasteiger partial charge in [0.2, 0.25) is 0 Å². The predicted octanol–water partition coefficient (Wildman–Crippen LogP) is 2.88. The summed E-state index contributed by atoms with van der Waals surface area (Å²) in [6.07, 6.45) is 1.22. The van der Waals surface area contributed by atoms with Crippen LogP contribution >= 0.6 is 23.2 Å². The van der Waals surface area contributed by atoms with Crippen molar-refractivity contribution in [1.29, 1.82) is 0 Å². The van der Waals surface area contributed by atoms with E-state index in [4.69, 9.17) is 33.4 Å². The second-order valence-corrected chi connectivity index (χ2v) is 3.87. The van der Waals surface area contributed by atoms with Crippen molar-refractivity contribution in [3.63, 3.8) is 0 Å². The molecule has 0 amide bonds. The smallest absolute Gasteiger partial charge is 0.314 e. The van der Waals surface area contributed by atoms with Crippen molar-refractivity contribution in [1.82, 2.24) is 0 Å². The van der Waals surface area contributed by atoms with Crippen LogP contribution in [0.4, 0.5) is 0 Å². The molecule has 1 atom stereocenters. The van der Waals surface area contributed by atoms with E-state index in [1.54, 1.807) is 0 Å². The van der Waals surface area contributed by atoms with Crippen LogP contribution in [-0.4, -0.2) is 16.2 Å². The Labute approximate surface area is 96.6 Å². The number of aliphatic carboxylic acids is 1. The molecule has 0 fully saturated rings. The Kier molecular flexibility index (Phi) is 4.00. The lowest BCUT2D eigenvalue weighted by Gasteiger charge is -2.07. The van der Waals surface area contributed by atoms with Crippen LogP contribution in [0.3, 0.4) is 0 Å². The van der Waals surface area contributed by atoms with E-state index >= 15 is 0 Å². The lowest BCUT2D eigenvalue weighted by molar-refractivity contribution is -0.137. The standard InChI is InChI=1S/C10H8Cl2O3/c11-9(12)5-8(10(14)15)6-1-3-7(13)4-2-6/h1-5,8,13H,(H,14,15). The van der Waals surface area contributed by atoms with E-state index < -0.39 is 11.9 Å². The highest BCUT2D eigenvalue weighted by Crippen LogP contribution is 2.23. The molecule has 2 N–H and O–H groups in total. The SMILES string of the molecule is O=C(O)C(C=C(Cl)Cl)c1ccc(O)cc1. The Morgan fingerprint density at radius 1 is 1.27 bits per heavy atom. The number of halogens is 2. The van der Waals surface area contributed by atoms with Gasteiger partial charge in [-0.2, -0.15) is 0 Å². The molecular weight excluding hydrogens is 239 g/mol. The number of carboxylic acids is 1. The van der Waals surface area contributed by atoms with Gasteiger partial charge in [0.25, 0.3) is 0 Å². The molecule has 0 aliphatic carbocycles. The van der Waals surface area contributed by atoms with Crippen molar-refractivity contribution in [2.75, 3.05) is 0 Å². The first-order valence-corrected chi connectivity index (χ1v) is 4.81. The maximum absolute atomic E-state index is 10.9. The number of carboxylic acid groups (broad SMARTS) is 1. The number of hydrogen-bond acceptors (Lipinski definition) is 2. The fourth-order valence-electron chi connectivity index (χ4n) is 1.12. The Morgan fingerprint density at radius 3 is 2.20 bits per heavy atom. The molecule has 0 radical (unpaired) electrons. The Bertz CT molecular complexity index is 380. The maximum Gasteiger partial charge on any atom is 0.314 e. The molecule has 0 spiro atoms. The molecule has 15 heavy (non-hydrogen) atoms. The first-order valence-electron chi connectivity index (χ1n) is 4.05. The van der Waals surface area contributed by atoms with Gasteiger partial charge in [-0.1, -0.05) is 35.3 Å². The second kappa shape index (κ2) is 5.05. The first kappa shape index (κ1) is 11.9. The van der Waals surface area contributed by atoms with Gasteiger partial charge in [0, 0.05) is 0 Å². The van der Waals surface area contributed by atoms with E-state index in [0.29, 0.717) is 5.56 Å². The molecule has 0 saturated carbocycles. The molecule has 3 nitrogen and oxygen atoms in total. The Morgan fingerprint density at radius 2 is 1.80 bits per heavy atom. The molecule has 1 aromatic carbocycles. The largest absolute Gasteiger partial charge is 0.508 e. The van der Waals surface area contributed by atoms with Crippen LogP contribution in [0.25, 0.3) is 0 Å². The maximum atomic E-state index is 10.9. The molecule has 0 heterocycles. The van der Waals surface area contributed by atoms with Crippen LogP contribution in [0.2, 0.25) is 0 Å². The van der Waals surface area contributed by atoms with E-state index in [9.17, 15) is 4.79 Å². The molecule has 0 saturated heterocycles. The van der Waals surface area contributed by atoms with Crippen molar-refractivity contribution < 1.29 is 15.0 Å². The van der Waals surface area contributed by atoms with E-state index in [-0.39, 0.29) is 10.2 Å². The molecule has 0 bridgehead atoms. The van der Waals surface area contributed by atoms with Gasteiger partial charge in [-0.05, 0) is 23.8 Å². The summed E-state index contributed by atoms with van der Waals surface area (Å²) in [4.78, 5) is 10.9. The van der Waals surface area contributed by atoms with Crippen LogP contribution < -0.4 is 0 Å². The molecule has 5 heteroatoms. The highest BCUT2D eigenvalue weighted by molar-refractivity contribution is 6.56. The number of phenols is 1. The third-order valence-corrected chi connectivity index (χ3v) is 2.06. The summed E-state index contributed by atoms with van der Waals surface area (Å²) in [7, 11) is 0. The highest BCUT2D eigenvalue weighted by atomic mass is 35.5. The Balaban J connectivity index is 3.05. The minimum absolute atomic E-state index is 0.0730. The monoisotopic (exact) mass is 246 g/mol. The summed E-state index contributed by atoms with van der Waals surface area (Å²) < 4.78 is -0.101. The molecule has 1 aromatic rings. The van der Waals surface area contributed by atoms with Gasteiger partial charge in [0.05, 0.1) is 0 Å². The van der Waals surface area contributed by atoms with E-state index in [1.165, 1.54) is 30.3 Å². The Hall–Kier alpha value is -1.19. The van der Waals surface area contributed by atoms with Gasteiger partial charge in [-0.3, -0.25) is 4.79 Å². The lowest BCUT2D eigenvalue weighted by atomic mass is 9.99. The van der Waals surface area contributed by atoms with Crippen LogP contribution in [0.15, 0.2) is 34.8 Å². The van der Waals surface area contributed by atoms with Crippen molar-refractivity contribution in [2.45, 2.75) is 5.92 Å². The average molecular weight is 247 g/mol. The number of hydrogen-bond donors (Lipinski definition) is 2. The summed E-state index contributed by atoms with van der Waals surface area (Å²) >= 11 is 10.8. The van der Waals surface area contributed by atoms with Gasteiger partial charge in [-0.25, -0.2) is 0 Å². The molecule has 0 aliphatic heterocycles. The second-order valence-electron chi connectivity index (χ2n) is 2.86. The molecular formula is C10H8Cl2O3. The molecule has 1 unspecified atom stereocenters. The highest BCUT2D eigenvalue weighted by Gasteiger charge is 2.17. The van der Waals surface area contributed by atoms with E-state index in [0.717, 1.165) is 0 Å². The van der Waals surface area contributed by atoms with E-state index in [2.05, 4.69) is 0 Å². The fraction of sp³-hybridized carbons (Fsp3) is 0.100. The number of phenolic OH excluding ortho intramolecular Hbond substituents is 1. The van der Waals surface area contributed by atoms with Crippen molar-refractivity contribution in [3.05, 3.63) is 40.4 Å². The van der Waals surface area contributed by atoms with Crippen LogP contribution in [0.5, 0.6) is 5.75 Å². The van der Waals surface area contributed by atoms with Gasteiger partial charge >= 0.3 is 5.97 Å². The van der Waals surface area contributed by atoms with Gasteiger partial charge in [0.15, 0.2) is 0 Å². The minimum atomic E-state index is -1.06. The van der Waals surface area contributed by atoms with Crippen LogP contribution in [-0.2, 0) is 4.79 Å². The number of carbonyl (C=O) groups is 1. The van der Waals surface area contributed by atoms with E-state index in [1.807, 2.05) is 0 Å². The van der Waals surface area contributed by atoms with Gasteiger partial charge in [-0.15, -0.1) is 0 Å². The normalized spacial score (nSPS) is 11.9. The summed E-state index contributed by atoms with van der Waals surface area (Å²) in [5.41, 5.74) is 0.499. The zero-order valence-corrected chi connectivity index (χ0v) is 9.03. The zero-order chi connectivity index (χ0) is 11.4. The third-order valence-electron chi connectivity index (χ3n) is 1.81. The summed E-state index contributed by atoms with van der Waals surface area (Å²) in [5, 5.41) is 18.0. The molecule has 80 valence electrons. The number of aromatic hydroxyl groups is 1. The minimum Gasteiger partial charge on any atom is -0.508 e. The summed E-state index contributed by atoms with van der Waals surface area (Å²) in [6, 6.07) is 5.81. The summed E-state index contributed by atoms with van der Waals surface area (Å²) in [6.45, 7) is 0. The molecule has 0 aliphatic rings. The van der Waals surface area contributed by atoms with Crippen LogP contribution in [0.1, 0.15) is 11.5 Å². The van der Waals surface area contributed by atoms with Crippen LogP contribution in [0, 0.1) is 0 Å². The molecule has 0 aromatic heterocycles. The van der Waals surface area contributed by atoms with Crippen molar-refractivity contribution >= 4 is 29.2 Å². The number of benzene rings is 1. The van der Waals surface area contributed by atoms with Gasteiger partial charge < -0.3 is 10.2 Å². The number of rotatable bonds is 3. The summed E-state index contributed by atoms with van der Waals surface area (Å²) in [5.74, 6) is -1.89. The molecule has 1 rings (SSSR count). The first-order chi connectivity index (χ1) is 7.00. The zero-order valence-electron chi connectivity index (χ0n) is 7.52. The lowest BCUT2D eigenvalue weighted by Crippen LogP contribution is -2.08. The fourth-order valence-corrected chi connectivity index (χ4v) is 1.37. The third kappa shape index (κ3) is 3.46. The van der Waals surface area contributed by atoms with Crippen molar-refractivity contribution in [3.8, 4) is 5.75 Å². The quantitative estimate of drug-likeness (QED) is 0.863.